The molecule has 1 amide bonds. The number of amides is 1. The Labute approximate surface area is 174 Å². The second-order valence-electron chi connectivity index (χ2n) is 6.62. The van der Waals surface area contributed by atoms with Crippen LogP contribution in [0.5, 0.6) is 0 Å². The highest BCUT2D eigenvalue weighted by molar-refractivity contribution is 7.16. The molecule has 148 valence electrons. The van der Waals surface area contributed by atoms with Crippen LogP contribution in [0.25, 0.3) is 0 Å². The molecule has 3 aromatic rings. The van der Waals surface area contributed by atoms with Crippen LogP contribution in [0.1, 0.15) is 23.8 Å². The number of anilines is 1. The van der Waals surface area contributed by atoms with Gasteiger partial charge in [-0.1, -0.05) is 23.7 Å². The summed E-state index contributed by atoms with van der Waals surface area (Å²) in [6.45, 7) is 2.93. The molecule has 3 rings (SSSR count). The summed E-state index contributed by atoms with van der Waals surface area (Å²) in [5.41, 5.74) is 1.99. The van der Waals surface area contributed by atoms with Gasteiger partial charge in [0.15, 0.2) is 0 Å². The lowest BCUT2D eigenvalue weighted by Crippen LogP contribution is -2.21. The minimum Gasteiger partial charge on any atom is -0.376 e. The van der Waals surface area contributed by atoms with E-state index in [0.717, 1.165) is 35.8 Å². The summed E-state index contributed by atoms with van der Waals surface area (Å²) < 4.78 is 9.07. The summed E-state index contributed by atoms with van der Waals surface area (Å²) in [6, 6.07) is 11.9. The van der Waals surface area contributed by atoms with Crippen LogP contribution in [0, 0.1) is 0 Å². The van der Waals surface area contributed by atoms with Crippen molar-refractivity contribution in [2.24, 2.45) is 0 Å². The fourth-order valence-electron chi connectivity index (χ4n) is 2.95. The topological polar surface area (TPSA) is 56.1 Å². The Morgan fingerprint density at radius 1 is 1.25 bits per heavy atom. The fourth-order valence-corrected chi connectivity index (χ4v) is 4.05. The molecule has 0 spiro atoms. The summed E-state index contributed by atoms with van der Waals surface area (Å²) in [5.74, 6) is -0.0644. The molecule has 1 unspecified atom stereocenters. The summed E-state index contributed by atoms with van der Waals surface area (Å²) in [4.78, 5) is 16.5. The quantitative estimate of drug-likeness (QED) is 0.514. The first-order valence-corrected chi connectivity index (χ1v) is 10.5. The summed E-state index contributed by atoms with van der Waals surface area (Å²) >= 11 is 7.66. The van der Waals surface area contributed by atoms with Gasteiger partial charge >= 0.3 is 0 Å². The lowest BCUT2D eigenvalue weighted by Gasteiger charge is -2.18. The van der Waals surface area contributed by atoms with Crippen molar-refractivity contribution in [2.45, 2.75) is 38.8 Å². The minimum atomic E-state index is -0.0644. The van der Waals surface area contributed by atoms with Gasteiger partial charge in [0.1, 0.15) is 0 Å². The molecule has 2 heterocycles. The van der Waals surface area contributed by atoms with E-state index in [2.05, 4.69) is 16.4 Å². The number of nitrogens with one attached hydrogen (secondary N) is 1. The maximum absolute atomic E-state index is 11.1. The molecule has 1 atom stereocenters. The molecule has 1 N–H and O–H groups in total. The molecule has 1 aromatic carbocycles. The largest absolute Gasteiger partial charge is 0.376 e. The van der Waals surface area contributed by atoms with Crippen molar-refractivity contribution in [2.75, 3.05) is 11.9 Å². The van der Waals surface area contributed by atoms with E-state index in [1.54, 1.807) is 17.5 Å². The average Bonchev–Trinajstić information content (AvgIpc) is 3.32. The van der Waals surface area contributed by atoms with Gasteiger partial charge < -0.3 is 14.6 Å². The Hall–Kier alpha value is -2.15. The maximum atomic E-state index is 11.1. The number of ether oxygens (including phenoxy) is 1. The normalized spacial score (nSPS) is 12.1. The first kappa shape index (κ1) is 20.6. The molecule has 0 aliphatic rings. The predicted octanol–water partition coefficient (Wildman–Crippen LogP) is 4.82. The molecule has 0 saturated carbocycles. The Morgan fingerprint density at radius 2 is 2.07 bits per heavy atom. The molecule has 0 bridgehead atoms. The number of aryl methyl sites for hydroxylation is 1. The number of imidazole rings is 1. The van der Waals surface area contributed by atoms with Crippen LogP contribution in [0.15, 0.2) is 55.1 Å². The van der Waals surface area contributed by atoms with E-state index in [-0.39, 0.29) is 12.0 Å². The van der Waals surface area contributed by atoms with Gasteiger partial charge in [-0.15, -0.1) is 11.3 Å². The monoisotopic (exact) mass is 417 g/mol. The summed E-state index contributed by atoms with van der Waals surface area (Å²) in [5, 5.41) is 2.78. The van der Waals surface area contributed by atoms with E-state index in [9.17, 15) is 4.79 Å². The summed E-state index contributed by atoms with van der Waals surface area (Å²) in [7, 11) is 0. The third-order valence-electron chi connectivity index (χ3n) is 4.33. The first-order chi connectivity index (χ1) is 13.6. The highest BCUT2D eigenvalue weighted by atomic mass is 35.5. The number of rotatable bonds is 10. The van der Waals surface area contributed by atoms with Crippen molar-refractivity contribution in [3.05, 3.63) is 69.9 Å². The van der Waals surface area contributed by atoms with E-state index in [0.29, 0.717) is 6.61 Å². The molecule has 0 aliphatic heterocycles. The van der Waals surface area contributed by atoms with E-state index in [1.807, 2.05) is 47.4 Å². The van der Waals surface area contributed by atoms with E-state index < -0.39 is 0 Å². The molecule has 0 fully saturated rings. The van der Waals surface area contributed by atoms with E-state index in [4.69, 9.17) is 16.3 Å². The van der Waals surface area contributed by atoms with Crippen LogP contribution in [0.2, 0.25) is 4.34 Å². The third-order valence-corrected chi connectivity index (χ3v) is 5.62. The molecular weight excluding hydrogens is 394 g/mol. The van der Waals surface area contributed by atoms with Crippen molar-refractivity contribution in [3.63, 3.8) is 0 Å². The minimum absolute atomic E-state index is 0.0644. The van der Waals surface area contributed by atoms with Gasteiger partial charge in [-0.2, -0.15) is 0 Å². The Bertz CT molecular complexity index is 862. The molecular formula is C21H24ClN3O2S. The van der Waals surface area contributed by atoms with Gasteiger partial charge in [0.2, 0.25) is 5.91 Å². The standard InChI is InChI=1S/C21H24ClN3O2S/c1-16(26)24-18-4-2-17(3-5-18)10-13-27-19(14-25-12-11-23-15-25)6-7-20-8-9-21(22)28-20/h2-5,8-9,11-12,15,19H,6-7,10,13-14H2,1H3,(H,24,26). The van der Waals surface area contributed by atoms with Gasteiger partial charge in [-0.3, -0.25) is 4.79 Å². The smallest absolute Gasteiger partial charge is 0.221 e. The van der Waals surface area contributed by atoms with Crippen LogP contribution in [0.3, 0.4) is 0 Å². The van der Waals surface area contributed by atoms with Crippen molar-refractivity contribution in [1.29, 1.82) is 0 Å². The number of hydrogen-bond donors (Lipinski definition) is 1. The van der Waals surface area contributed by atoms with Crippen LogP contribution < -0.4 is 5.32 Å². The van der Waals surface area contributed by atoms with Crippen LogP contribution >= 0.6 is 22.9 Å². The zero-order chi connectivity index (χ0) is 19.8. The molecule has 28 heavy (non-hydrogen) atoms. The number of aromatic nitrogens is 2. The van der Waals surface area contributed by atoms with Gasteiger partial charge in [0, 0.05) is 36.4 Å². The Kier molecular flexibility index (Phi) is 7.65. The highest BCUT2D eigenvalue weighted by Gasteiger charge is 2.12. The van der Waals surface area contributed by atoms with Crippen LogP contribution in [-0.2, 0) is 28.9 Å². The zero-order valence-corrected chi connectivity index (χ0v) is 17.4. The Balaban J connectivity index is 1.50. The number of carbonyl (C=O) groups excluding carboxylic acids is 1. The lowest BCUT2D eigenvalue weighted by molar-refractivity contribution is -0.114. The number of hydrogen-bond acceptors (Lipinski definition) is 4. The highest BCUT2D eigenvalue weighted by Crippen LogP contribution is 2.23. The van der Waals surface area contributed by atoms with E-state index >= 15 is 0 Å². The SMILES string of the molecule is CC(=O)Nc1ccc(CCOC(CCc2ccc(Cl)s2)Cn2ccnc2)cc1. The van der Waals surface area contributed by atoms with Gasteiger partial charge in [-0.05, 0) is 49.1 Å². The second-order valence-corrected chi connectivity index (χ2v) is 8.42. The molecule has 0 radical (unpaired) electrons. The van der Waals surface area contributed by atoms with Crippen molar-refractivity contribution >= 4 is 34.5 Å². The van der Waals surface area contributed by atoms with Crippen LogP contribution in [0.4, 0.5) is 5.69 Å². The zero-order valence-electron chi connectivity index (χ0n) is 15.8. The molecule has 0 saturated heterocycles. The van der Waals surface area contributed by atoms with Gasteiger partial charge in [0.05, 0.1) is 23.4 Å². The second kappa shape index (κ2) is 10.4. The number of nitrogens with zero attached hydrogens (tertiary/aromatic N) is 2. The average molecular weight is 418 g/mol. The maximum Gasteiger partial charge on any atom is 0.221 e. The first-order valence-electron chi connectivity index (χ1n) is 9.26. The number of carbonyl (C=O) groups is 1. The lowest BCUT2D eigenvalue weighted by atomic mass is 10.1. The van der Waals surface area contributed by atoms with Crippen molar-refractivity contribution in [3.8, 4) is 0 Å². The predicted molar refractivity (Wildman–Crippen MR) is 114 cm³/mol. The third kappa shape index (κ3) is 6.78. The number of halogens is 1. The fraction of sp³-hybridized carbons (Fsp3) is 0.333. The number of thiophene rings is 1. The van der Waals surface area contributed by atoms with Gasteiger partial charge in [-0.25, -0.2) is 4.98 Å². The Morgan fingerprint density at radius 3 is 2.71 bits per heavy atom. The molecule has 0 aliphatic carbocycles. The number of benzene rings is 1. The van der Waals surface area contributed by atoms with E-state index in [1.165, 1.54) is 17.4 Å². The molecule has 7 heteroatoms. The van der Waals surface area contributed by atoms with Crippen molar-refractivity contribution < 1.29 is 9.53 Å². The van der Waals surface area contributed by atoms with Crippen molar-refractivity contribution in [1.82, 2.24) is 9.55 Å². The van der Waals surface area contributed by atoms with Gasteiger partial charge in [0.25, 0.3) is 0 Å². The molecule has 2 aromatic heterocycles. The summed E-state index contributed by atoms with van der Waals surface area (Å²) in [6.07, 6.45) is 8.36. The van der Waals surface area contributed by atoms with Crippen LogP contribution in [-0.4, -0.2) is 28.2 Å². The molecule has 5 nitrogen and oxygen atoms in total.